The topological polar surface area (TPSA) is 29.1 Å². The molecule has 1 N–H and O–H groups in total. The van der Waals surface area contributed by atoms with Gasteiger partial charge >= 0.3 is 0 Å². The van der Waals surface area contributed by atoms with Crippen LogP contribution in [0, 0.1) is 19.3 Å². The van der Waals surface area contributed by atoms with Gasteiger partial charge < -0.3 is 5.32 Å². The van der Waals surface area contributed by atoms with Gasteiger partial charge in [-0.05, 0) is 58.8 Å². The van der Waals surface area contributed by atoms with E-state index in [1.54, 1.807) is 6.08 Å². The first-order valence-electron chi connectivity index (χ1n) is 6.54. The summed E-state index contributed by atoms with van der Waals surface area (Å²) in [6.07, 6.45) is 3.28. The van der Waals surface area contributed by atoms with E-state index in [9.17, 15) is 4.79 Å². The zero-order valence-corrected chi connectivity index (χ0v) is 13.5. The molecule has 0 aromatic heterocycles. The van der Waals surface area contributed by atoms with Gasteiger partial charge in [0.05, 0.1) is 5.69 Å². The zero-order valence-electron chi connectivity index (χ0n) is 11.9. The van der Waals surface area contributed by atoms with Crippen LogP contribution >= 0.6 is 15.9 Å². The number of aryl methyl sites for hydroxylation is 2. The van der Waals surface area contributed by atoms with Crippen molar-refractivity contribution in [1.29, 1.82) is 0 Å². The van der Waals surface area contributed by atoms with Crippen LogP contribution in [0.2, 0.25) is 0 Å². The first-order chi connectivity index (χ1) is 8.77. The summed E-state index contributed by atoms with van der Waals surface area (Å²) >= 11 is 3.59. The second-order valence-corrected chi connectivity index (χ2v) is 7.07. The summed E-state index contributed by atoms with van der Waals surface area (Å²) in [6.45, 7) is 8.43. The minimum atomic E-state index is 0.0409. The summed E-state index contributed by atoms with van der Waals surface area (Å²) in [6, 6.07) is 4.23. The van der Waals surface area contributed by atoms with Crippen LogP contribution in [0.15, 0.2) is 28.4 Å². The van der Waals surface area contributed by atoms with Crippen molar-refractivity contribution < 1.29 is 4.79 Å². The molecule has 0 atom stereocenters. The lowest BCUT2D eigenvalue weighted by Crippen LogP contribution is -2.24. The summed E-state index contributed by atoms with van der Waals surface area (Å²) in [7, 11) is 0. The number of carbonyl (C=O) groups is 1. The number of hydrogen-bond donors (Lipinski definition) is 1. The molecule has 1 aliphatic rings. The van der Waals surface area contributed by atoms with E-state index in [1.807, 2.05) is 0 Å². The number of allylic oxidation sites excluding steroid dienone is 2. The average Bonchev–Trinajstić information content (AvgIpc) is 2.20. The van der Waals surface area contributed by atoms with Crippen LogP contribution in [-0.4, -0.2) is 5.78 Å². The van der Waals surface area contributed by atoms with Crippen LogP contribution in [0.5, 0.6) is 0 Å². The van der Waals surface area contributed by atoms with E-state index in [0.717, 1.165) is 22.3 Å². The Balaban J connectivity index is 2.29. The molecule has 1 aromatic rings. The van der Waals surface area contributed by atoms with Gasteiger partial charge in [0.1, 0.15) is 0 Å². The number of benzene rings is 1. The Morgan fingerprint density at radius 3 is 2.47 bits per heavy atom. The molecule has 0 heterocycles. The summed E-state index contributed by atoms with van der Waals surface area (Å²) in [4.78, 5) is 11.8. The molecule has 1 aliphatic carbocycles. The molecule has 19 heavy (non-hydrogen) atoms. The molecule has 0 spiro atoms. The van der Waals surface area contributed by atoms with Crippen LogP contribution in [0.4, 0.5) is 5.69 Å². The Labute approximate surface area is 123 Å². The molecule has 0 fully saturated rings. The second kappa shape index (κ2) is 5.12. The maximum atomic E-state index is 11.8. The maximum Gasteiger partial charge on any atom is 0.157 e. The van der Waals surface area contributed by atoms with Crippen LogP contribution < -0.4 is 5.32 Å². The van der Waals surface area contributed by atoms with Gasteiger partial charge in [0.15, 0.2) is 5.78 Å². The minimum absolute atomic E-state index is 0.0409. The molecule has 0 aliphatic heterocycles. The number of halogens is 1. The van der Waals surface area contributed by atoms with Crippen molar-refractivity contribution in [2.75, 3.05) is 5.32 Å². The maximum absolute atomic E-state index is 11.8. The fourth-order valence-corrected chi connectivity index (χ4v) is 3.43. The van der Waals surface area contributed by atoms with E-state index in [1.165, 1.54) is 11.1 Å². The van der Waals surface area contributed by atoms with Crippen molar-refractivity contribution in [3.8, 4) is 0 Å². The van der Waals surface area contributed by atoms with Gasteiger partial charge in [-0.25, -0.2) is 0 Å². The van der Waals surface area contributed by atoms with Gasteiger partial charge in [-0.1, -0.05) is 19.9 Å². The Morgan fingerprint density at radius 2 is 1.89 bits per heavy atom. The Morgan fingerprint density at radius 1 is 1.21 bits per heavy atom. The van der Waals surface area contributed by atoms with Gasteiger partial charge in [0.25, 0.3) is 0 Å². The molecule has 0 amide bonds. The van der Waals surface area contributed by atoms with Gasteiger partial charge in [-0.2, -0.15) is 0 Å². The highest BCUT2D eigenvalue weighted by atomic mass is 79.9. The normalized spacial score (nSPS) is 18.2. The van der Waals surface area contributed by atoms with Crippen molar-refractivity contribution in [3.05, 3.63) is 39.5 Å². The lowest BCUT2D eigenvalue weighted by molar-refractivity contribution is -0.117. The van der Waals surface area contributed by atoms with E-state index in [0.29, 0.717) is 6.42 Å². The Hall–Kier alpha value is -1.09. The van der Waals surface area contributed by atoms with E-state index in [2.05, 4.69) is 61.1 Å². The molecule has 3 heteroatoms. The number of ketones is 1. The van der Waals surface area contributed by atoms with Gasteiger partial charge in [-0.15, -0.1) is 0 Å². The van der Waals surface area contributed by atoms with Gasteiger partial charge in [0.2, 0.25) is 0 Å². The third-order valence-electron chi connectivity index (χ3n) is 3.37. The Kier molecular flexibility index (Phi) is 3.86. The van der Waals surface area contributed by atoms with Crippen LogP contribution in [-0.2, 0) is 4.79 Å². The fourth-order valence-electron chi connectivity index (χ4n) is 2.66. The summed E-state index contributed by atoms with van der Waals surface area (Å²) in [5.41, 5.74) is 4.52. The number of hydrogen-bond acceptors (Lipinski definition) is 2. The molecule has 0 unspecified atom stereocenters. The molecule has 2 nitrogen and oxygen atoms in total. The minimum Gasteiger partial charge on any atom is -0.358 e. The van der Waals surface area contributed by atoms with Crippen LogP contribution in [0.25, 0.3) is 0 Å². The molecular weight excluding hydrogens is 302 g/mol. The molecule has 102 valence electrons. The fraction of sp³-hybridized carbons (Fsp3) is 0.438. The monoisotopic (exact) mass is 321 g/mol. The number of nitrogens with one attached hydrogen (secondary N) is 1. The van der Waals surface area contributed by atoms with Crippen molar-refractivity contribution in [1.82, 2.24) is 0 Å². The first-order valence-corrected chi connectivity index (χ1v) is 7.33. The zero-order chi connectivity index (χ0) is 14.2. The van der Waals surface area contributed by atoms with E-state index < -0.39 is 0 Å². The molecule has 0 bridgehead atoms. The highest BCUT2D eigenvalue weighted by Crippen LogP contribution is 2.36. The lowest BCUT2D eigenvalue weighted by atomic mass is 9.79. The lowest BCUT2D eigenvalue weighted by Gasteiger charge is -2.29. The molecular formula is C16H20BrNO. The highest BCUT2D eigenvalue weighted by Gasteiger charge is 2.27. The van der Waals surface area contributed by atoms with Crippen LogP contribution in [0.3, 0.4) is 0 Å². The summed E-state index contributed by atoms with van der Waals surface area (Å²) in [5, 5.41) is 3.42. The van der Waals surface area contributed by atoms with Crippen molar-refractivity contribution >= 4 is 27.4 Å². The Bertz CT molecular complexity index is 535. The smallest absolute Gasteiger partial charge is 0.157 e. The number of anilines is 1. The van der Waals surface area contributed by atoms with E-state index in [4.69, 9.17) is 0 Å². The standard InChI is InChI=1S/C16H20BrNO/c1-10-5-11(2)15(14(17)6-10)18-12-7-13(19)9-16(3,4)8-12/h5-7,18H,8-9H2,1-4H3. The molecule has 1 aromatic carbocycles. The predicted octanol–water partition coefficient (Wildman–Crippen LogP) is 4.75. The third kappa shape index (κ3) is 3.47. The van der Waals surface area contributed by atoms with Crippen molar-refractivity contribution in [3.63, 3.8) is 0 Å². The largest absolute Gasteiger partial charge is 0.358 e. The van der Waals surface area contributed by atoms with E-state index in [-0.39, 0.29) is 11.2 Å². The summed E-state index contributed by atoms with van der Waals surface area (Å²) in [5.74, 6) is 0.208. The van der Waals surface area contributed by atoms with Gasteiger partial charge in [0, 0.05) is 22.7 Å². The number of carbonyl (C=O) groups excluding carboxylic acids is 1. The quantitative estimate of drug-likeness (QED) is 0.851. The molecule has 2 rings (SSSR count). The first kappa shape index (κ1) is 14.3. The van der Waals surface area contributed by atoms with Crippen LogP contribution in [0.1, 0.15) is 37.8 Å². The molecule has 0 saturated heterocycles. The number of rotatable bonds is 2. The summed E-state index contributed by atoms with van der Waals surface area (Å²) < 4.78 is 1.04. The van der Waals surface area contributed by atoms with Crippen molar-refractivity contribution in [2.24, 2.45) is 5.41 Å². The van der Waals surface area contributed by atoms with E-state index >= 15 is 0 Å². The van der Waals surface area contributed by atoms with Crippen molar-refractivity contribution in [2.45, 2.75) is 40.5 Å². The second-order valence-electron chi connectivity index (χ2n) is 6.22. The van der Waals surface area contributed by atoms with Gasteiger partial charge in [-0.3, -0.25) is 4.79 Å². The SMILES string of the molecule is Cc1cc(C)c(NC2=CC(=O)CC(C)(C)C2)c(Br)c1. The molecule has 0 radical (unpaired) electrons. The highest BCUT2D eigenvalue weighted by molar-refractivity contribution is 9.10. The molecule has 0 saturated carbocycles. The third-order valence-corrected chi connectivity index (χ3v) is 4.00. The predicted molar refractivity (Wildman–Crippen MR) is 83.3 cm³/mol. The average molecular weight is 322 g/mol.